The van der Waals surface area contributed by atoms with E-state index in [0.717, 1.165) is 5.56 Å². The van der Waals surface area contributed by atoms with Gasteiger partial charge in [-0.15, -0.1) is 0 Å². The van der Waals surface area contributed by atoms with Crippen molar-refractivity contribution in [1.82, 2.24) is 4.90 Å². The molecule has 0 aromatic heterocycles. The second-order valence-electron chi connectivity index (χ2n) is 5.50. The summed E-state index contributed by atoms with van der Waals surface area (Å²) in [6.07, 6.45) is -0.911. The van der Waals surface area contributed by atoms with E-state index in [1.54, 1.807) is 48.3 Å². The Morgan fingerprint density at radius 2 is 1.65 bits per heavy atom. The van der Waals surface area contributed by atoms with Crippen LogP contribution in [0.3, 0.4) is 0 Å². The van der Waals surface area contributed by atoms with E-state index in [0.29, 0.717) is 10.6 Å². The number of amides is 1. The molecule has 3 nitrogen and oxygen atoms in total. The summed E-state index contributed by atoms with van der Waals surface area (Å²) in [7, 11) is 1.67. The molecule has 2 atom stereocenters. The van der Waals surface area contributed by atoms with Crippen molar-refractivity contribution in [3.8, 4) is 0 Å². The molecule has 0 radical (unpaired) electrons. The van der Waals surface area contributed by atoms with Crippen molar-refractivity contribution in [2.75, 3.05) is 7.05 Å². The number of benzene rings is 2. The van der Waals surface area contributed by atoms with E-state index < -0.39 is 6.10 Å². The van der Waals surface area contributed by atoms with Crippen molar-refractivity contribution < 1.29 is 14.3 Å². The first kappa shape index (κ1) is 17.4. The maximum Gasteiger partial charge on any atom is 0.225 e. The largest absolute Gasteiger partial charge is 0.388 e. The van der Waals surface area contributed by atoms with Crippen molar-refractivity contribution in [3.05, 3.63) is 70.5 Å². The molecule has 0 saturated heterocycles. The lowest BCUT2D eigenvalue weighted by Crippen LogP contribution is -2.30. The fourth-order valence-corrected chi connectivity index (χ4v) is 2.42. The van der Waals surface area contributed by atoms with Crippen LogP contribution in [0.5, 0.6) is 0 Å². The molecule has 2 unspecified atom stereocenters. The van der Waals surface area contributed by atoms with Crippen molar-refractivity contribution in [2.24, 2.45) is 0 Å². The molecule has 1 N–H and O–H groups in total. The van der Waals surface area contributed by atoms with Crippen LogP contribution >= 0.6 is 11.6 Å². The summed E-state index contributed by atoms with van der Waals surface area (Å²) in [6.45, 7) is 1.86. The summed E-state index contributed by atoms with van der Waals surface area (Å²) < 4.78 is 13.0. The highest BCUT2D eigenvalue weighted by molar-refractivity contribution is 6.30. The minimum atomic E-state index is -0.886. The predicted octanol–water partition coefficient (Wildman–Crippen LogP) is 4.12. The summed E-state index contributed by atoms with van der Waals surface area (Å²) in [4.78, 5) is 13.9. The molecule has 2 aromatic rings. The molecular weight excluding hydrogens is 317 g/mol. The zero-order valence-electron chi connectivity index (χ0n) is 13.0. The van der Waals surface area contributed by atoms with Gasteiger partial charge in [-0.2, -0.15) is 0 Å². The molecule has 0 fully saturated rings. The van der Waals surface area contributed by atoms with E-state index in [1.807, 2.05) is 6.92 Å². The van der Waals surface area contributed by atoms with Crippen LogP contribution < -0.4 is 0 Å². The molecule has 2 rings (SSSR count). The van der Waals surface area contributed by atoms with E-state index in [1.165, 1.54) is 12.1 Å². The number of aliphatic hydroxyl groups is 1. The third-order valence-corrected chi connectivity index (χ3v) is 4.20. The van der Waals surface area contributed by atoms with Crippen molar-refractivity contribution in [3.63, 3.8) is 0 Å². The third kappa shape index (κ3) is 4.53. The van der Waals surface area contributed by atoms with Gasteiger partial charge in [0, 0.05) is 12.1 Å². The number of halogens is 2. The highest BCUT2D eigenvalue weighted by atomic mass is 35.5. The van der Waals surface area contributed by atoms with Gasteiger partial charge in [-0.25, -0.2) is 4.39 Å². The molecule has 0 heterocycles. The lowest BCUT2D eigenvalue weighted by Gasteiger charge is -2.26. The van der Waals surface area contributed by atoms with Gasteiger partial charge in [0.1, 0.15) is 5.82 Å². The predicted molar refractivity (Wildman–Crippen MR) is 88.6 cm³/mol. The lowest BCUT2D eigenvalue weighted by molar-refractivity contribution is -0.134. The zero-order valence-corrected chi connectivity index (χ0v) is 13.8. The topological polar surface area (TPSA) is 40.5 Å². The average Bonchev–Trinajstić information content (AvgIpc) is 2.54. The minimum Gasteiger partial charge on any atom is -0.388 e. The smallest absolute Gasteiger partial charge is 0.225 e. The number of carbonyl (C=O) groups excluding carboxylic acids is 1. The van der Waals surface area contributed by atoms with Crippen LogP contribution in [0, 0.1) is 5.82 Å². The number of carbonyl (C=O) groups is 1. The van der Waals surface area contributed by atoms with Crippen LogP contribution in [0.2, 0.25) is 5.02 Å². The van der Waals surface area contributed by atoms with Crippen LogP contribution in [0.15, 0.2) is 48.5 Å². The monoisotopic (exact) mass is 335 g/mol. The van der Waals surface area contributed by atoms with Gasteiger partial charge in [-0.3, -0.25) is 4.79 Å². The van der Waals surface area contributed by atoms with E-state index >= 15 is 0 Å². The fraction of sp³-hybridized carbons (Fsp3) is 0.278. The first-order valence-corrected chi connectivity index (χ1v) is 7.71. The van der Waals surface area contributed by atoms with Crippen LogP contribution in [0.4, 0.5) is 4.39 Å². The summed E-state index contributed by atoms with van der Waals surface area (Å²) in [5.74, 6) is -0.502. The van der Waals surface area contributed by atoms with E-state index in [-0.39, 0.29) is 24.2 Å². The highest BCUT2D eigenvalue weighted by Gasteiger charge is 2.21. The van der Waals surface area contributed by atoms with Crippen molar-refractivity contribution in [1.29, 1.82) is 0 Å². The Labute approximate surface area is 140 Å². The van der Waals surface area contributed by atoms with Crippen LogP contribution in [-0.4, -0.2) is 23.0 Å². The summed E-state index contributed by atoms with van der Waals surface area (Å²) in [5.41, 5.74) is 1.48. The van der Waals surface area contributed by atoms with Crippen molar-refractivity contribution >= 4 is 17.5 Å². The maximum absolute atomic E-state index is 13.0. The van der Waals surface area contributed by atoms with Gasteiger partial charge in [0.15, 0.2) is 0 Å². The summed E-state index contributed by atoms with van der Waals surface area (Å²) in [5, 5.41) is 10.8. The Hall–Kier alpha value is -1.91. The summed E-state index contributed by atoms with van der Waals surface area (Å²) in [6, 6.07) is 12.6. The van der Waals surface area contributed by atoms with Gasteiger partial charge in [0.05, 0.1) is 18.6 Å². The van der Waals surface area contributed by atoms with Crippen LogP contribution in [0.25, 0.3) is 0 Å². The van der Waals surface area contributed by atoms with E-state index in [9.17, 15) is 14.3 Å². The number of rotatable bonds is 5. The second-order valence-corrected chi connectivity index (χ2v) is 5.94. The molecule has 122 valence electrons. The Balaban J connectivity index is 2.01. The first-order valence-electron chi connectivity index (χ1n) is 7.33. The minimum absolute atomic E-state index is 0.0241. The maximum atomic E-state index is 13.0. The molecule has 0 bridgehead atoms. The standard InChI is InChI=1S/C18H19ClFNO2/c1-12(13-5-9-16(20)10-6-13)21(2)18(23)11-17(22)14-3-7-15(19)8-4-14/h3-10,12,17,22H,11H2,1-2H3. The number of aliphatic hydroxyl groups excluding tert-OH is 1. The van der Waals surface area contributed by atoms with Gasteiger partial charge in [0.2, 0.25) is 5.91 Å². The van der Waals surface area contributed by atoms with Gasteiger partial charge < -0.3 is 10.0 Å². The lowest BCUT2D eigenvalue weighted by atomic mass is 10.0. The fourth-order valence-electron chi connectivity index (χ4n) is 2.29. The van der Waals surface area contributed by atoms with Gasteiger partial charge in [-0.1, -0.05) is 35.9 Å². The Morgan fingerprint density at radius 1 is 1.13 bits per heavy atom. The molecule has 0 spiro atoms. The molecule has 5 heteroatoms. The molecule has 0 aliphatic heterocycles. The van der Waals surface area contributed by atoms with Crippen LogP contribution in [0.1, 0.15) is 36.6 Å². The third-order valence-electron chi connectivity index (χ3n) is 3.95. The number of hydrogen-bond acceptors (Lipinski definition) is 2. The van der Waals surface area contributed by atoms with Gasteiger partial charge >= 0.3 is 0 Å². The normalized spacial score (nSPS) is 13.4. The zero-order chi connectivity index (χ0) is 17.0. The van der Waals surface area contributed by atoms with Gasteiger partial charge in [-0.05, 0) is 42.3 Å². The molecule has 0 aliphatic rings. The molecular formula is C18H19ClFNO2. The Bertz CT molecular complexity index is 658. The second kappa shape index (κ2) is 7.57. The highest BCUT2D eigenvalue weighted by Crippen LogP contribution is 2.24. The SMILES string of the molecule is CC(c1ccc(F)cc1)N(C)C(=O)CC(O)c1ccc(Cl)cc1. The molecule has 0 aliphatic carbocycles. The van der Waals surface area contributed by atoms with E-state index in [2.05, 4.69) is 0 Å². The number of nitrogens with zero attached hydrogens (tertiary/aromatic N) is 1. The average molecular weight is 336 g/mol. The Morgan fingerprint density at radius 3 is 2.22 bits per heavy atom. The van der Waals surface area contributed by atoms with Crippen LogP contribution in [-0.2, 0) is 4.79 Å². The quantitative estimate of drug-likeness (QED) is 0.892. The van der Waals surface area contributed by atoms with Gasteiger partial charge in [0.25, 0.3) is 0 Å². The first-order chi connectivity index (χ1) is 10.9. The number of hydrogen-bond donors (Lipinski definition) is 1. The molecule has 2 aromatic carbocycles. The summed E-state index contributed by atoms with van der Waals surface area (Å²) >= 11 is 5.81. The van der Waals surface area contributed by atoms with E-state index in [4.69, 9.17) is 11.6 Å². The Kier molecular flexibility index (Phi) is 5.74. The molecule has 0 saturated carbocycles. The molecule has 23 heavy (non-hydrogen) atoms. The van der Waals surface area contributed by atoms with Crippen molar-refractivity contribution in [2.45, 2.75) is 25.5 Å². The molecule has 1 amide bonds.